The molecule has 1 saturated heterocycles. The van der Waals surface area contributed by atoms with E-state index in [1.165, 1.54) is 24.8 Å². The summed E-state index contributed by atoms with van der Waals surface area (Å²) < 4.78 is 5.48. The predicted octanol–water partition coefficient (Wildman–Crippen LogP) is 3.63. The number of aryl methyl sites for hydroxylation is 1. The van der Waals surface area contributed by atoms with Gasteiger partial charge in [-0.1, -0.05) is 19.3 Å². The van der Waals surface area contributed by atoms with Gasteiger partial charge in [0.2, 0.25) is 0 Å². The number of likely N-dealkylation sites (tertiary alicyclic amines) is 1. The number of nitrogens with zero attached hydrogens (tertiary/aromatic N) is 1. The lowest BCUT2D eigenvalue weighted by Gasteiger charge is -2.29. The van der Waals surface area contributed by atoms with Crippen LogP contribution in [0.2, 0.25) is 0 Å². The van der Waals surface area contributed by atoms with Gasteiger partial charge in [0, 0.05) is 25.1 Å². The van der Waals surface area contributed by atoms with Gasteiger partial charge in [0.05, 0.1) is 12.3 Å². The van der Waals surface area contributed by atoms with Crippen LogP contribution in [-0.2, 0) is 6.42 Å². The molecular weight excluding hydrogens is 252 g/mol. The second-order valence-electron chi connectivity index (χ2n) is 5.95. The van der Waals surface area contributed by atoms with E-state index in [0.717, 1.165) is 51.0 Å². The molecule has 1 aliphatic heterocycles. The Morgan fingerprint density at radius 1 is 1.15 bits per heavy atom. The SMILES string of the molecule is O=C(NC1CCCc2occc21)N1CCCCCCC1. The Kier molecular flexibility index (Phi) is 4.28. The number of urea groups is 1. The molecule has 4 heteroatoms. The molecule has 1 aromatic heterocycles. The average molecular weight is 276 g/mol. The third-order valence-electron chi connectivity index (χ3n) is 4.49. The minimum atomic E-state index is 0.103. The summed E-state index contributed by atoms with van der Waals surface area (Å²) in [4.78, 5) is 14.4. The number of fused-ring (bicyclic) bond motifs is 1. The van der Waals surface area contributed by atoms with Crippen molar-refractivity contribution in [3.05, 3.63) is 23.7 Å². The van der Waals surface area contributed by atoms with Crippen molar-refractivity contribution in [2.24, 2.45) is 0 Å². The number of carbonyl (C=O) groups excluding carboxylic acids is 1. The van der Waals surface area contributed by atoms with E-state index in [1.54, 1.807) is 6.26 Å². The molecule has 1 fully saturated rings. The summed E-state index contributed by atoms with van der Waals surface area (Å²) in [6.45, 7) is 1.80. The van der Waals surface area contributed by atoms with E-state index in [2.05, 4.69) is 5.32 Å². The average Bonchev–Trinajstić information content (AvgIpc) is 2.87. The van der Waals surface area contributed by atoms with Crippen molar-refractivity contribution in [3.63, 3.8) is 0 Å². The molecule has 2 aliphatic rings. The molecule has 0 aromatic carbocycles. The molecular formula is C16H24N2O2. The summed E-state index contributed by atoms with van der Waals surface area (Å²) in [5, 5.41) is 3.21. The summed E-state index contributed by atoms with van der Waals surface area (Å²) in [7, 11) is 0. The van der Waals surface area contributed by atoms with Crippen molar-refractivity contribution in [1.29, 1.82) is 0 Å². The highest BCUT2D eigenvalue weighted by atomic mass is 16.3. The Labute approximate surface area is 120 Å². The quantitative estimate of drug-likeness (QED) is 0.851. The Bertz CT molecular complexity index is 447. The van der Waals surface area contributed by atoms with E-state index >= 15 is 0 Å². The van der Waals surface area contributed by atoms with Gasteiger partial charge in [-0.2, -0.15) is 0 Å². The summed E-state index contributed by atoms with van der Waals surface area (Å²) >= 11 is 0. The number of hydrogen-bond acceptors (Lipinski definition) is 2. The number of hydrogen-bond donors (Lipinski definition) is 1. The first kappa shape index (κ1) is 13.5. The molecule has 1 unspecified atom stereocenters. The number of amides is 2. The van der Waals surface area contributed by atoms with Gasteiger partial charge < -0.3 is 14.6 Å². The Morgan fingerprint density at radius 2 is 1.90 bits per heavy atom. The molecule has 0 radical (unpaired) electrons. The molecule has 1 N–H and O–H groups in total. The Balaban J connectivity index is 1.61. The van der Waals surface area contributed by atoms with Crippen LogP contribution in [0.1, 0.15) is 62.3 Å². The normalized spacial score (nSPS) is 23.6. The van der Waals surface area contributed by atoms with Gasteiger partial charge in [0.25, 0.3) is 0 Å². The number of rotatable bonds is 1. The van der Waals surface area contributed by atoms with Gasteiger partial charge in [-0.05, 0) is 31.7 Å². The standard InChI is InChI=1S/C16H24N2O2/c19-16(18-10-4-2-1-3-5-11-18)17-14-7-6-8-15-13(14)9-12-20-15/h9,12,14H,1-8,10-11H2,(H,17,19). The third kappa shape index (κ3) is 3.00. The second kappa shape index (κ2) is 6.33. The molecule has 0 spiro atoms. The van der Waals surface area contributed by atoms with Crippen LogP contribution in [0.25, 0.3) is 0 Å². The molecule has 2 amide bonds. The molecule has 1 aromatic rings. The molecule has 0 saturated carbocycles. The van der Waals surface area contributed by atoms with Crippen LogP contribution in [0.15, 0.2) is 16.7 Å². The van der Waals surface area contributed by atoms with Crippen molar-refractivity contribution in [2.45, 2.75) is 57.4 Å². The lowest BCUT2D eigenvalue weighted by atomic mass is 9.93. The highest BCUT2D eigenvalue weighted by Crippen LogP contribution is 2.30. The molecule has 4 nitrogen and oxygen atoms in total. The van der Waals surface area contributed by atoms with Crippen LogP contribution in [0.4, 0.5) is 4.79 Å². The van der Waals surface area contributed by atoms with Crippen LogP contribution in [0.5, 0.6) is 0 Å². The van der Waals surface area contributed by atoms with Crippen molar-refractivity contribution >= 4 is 6.03 Å². The van der Waals surface area contributed by atoms with Gasteiger partial charge in [0.1, 0.15) is 5.76 Å². The first-order valence-electron chi connectivity index (χ1n) is 7.96. The number of furan rings is 1. The summed E-state index contributed by atoms with van der Waals surface area (Å²) in [5.74, 6) is 1.05. The van der Waals surface area contributed by atoms with Crippen LogP contribution < -0.4 is 5.32 Å². The van der Waals surface area contributed by atoms with Crippen LogP contribution in [0.3, 0.4) is 0 Å². The van der Waals surface area contributed by atoms with Crippen molar-refractivity contribution in [3.8, 4) is 0 Å². The largest absolute Gasteiger partial charge is 0.469 e. The van der Waals surface area contributed by atoms with Gasteiger partial charge >= 0.3 is 6.03 Å². The van der Waals surface area contributed by atoms with Crippen molar-refractivity contribution in [1.82, 2.24) is 10.2 Å². The minimum Gasteiger partial charge on any atom is -0.469 e. The predicted molar refractivity (Wildman–Crippen MR) is 77.6 cm³/mol. The Hall–Kier alpha value is -1.45. The zero-order chi connectivity index (χ0) is 13.8. The molecule has 110 valence electrons. The molecule has 2 heterocycles. The van der Waals surface area contributed by atoms with Crippen LogP contribution >= 0.6 is 0 Å². The van der Waals surface area contributed by atoms with E-state index in [9.17, 15) is 4.79 Å². The summed E-state index contributed by atoms with van der Waals surface area (Å²) in [6.07, 6.45) is 10.9. The van der Waals surface area contributed by atoms with Gasteiger partial charge in [-0.15, -0.1) is 0 Å². The van der Waals surface area contributed by atoms with Gasteiger partial charge in [0.15, 0.2) is 0 Å². The maximum absolute atomic E-state index is 12.4. The summed E-state index contributed by atoms with van der Waals surface area (Å²) in [5.41, 5.74) is 1.18. The molecule has 1 aliphatic carbocycles. The van der Waals surface area contributed by atoms with Crippen molar-refractivity contribution in [2.75, 3.05) is 13.1 Å². The van der Waals surface area contributed by atoms with Gasteiger partial charge in [-0.3, -0.25) is 0 Å². The van der Waals surface area contributed by atoms with E-state index in [1.807, 2.05) is 11.0 Å². The third-order valence-corrected chi connectivity index (χ3v) is 4.49. The first-order chi connectivity index (χ1) is 9.84. The van der Waals surface area contributed by atoms with Gasteiger partial charge in [-0.25, -0.2) is 4.79 Å². The fraction of sp³-hybridized carbons (Fsp3) is 0.688. The molecule has 20 heavy (non-hydrogen) atoms. The maximum Gasteiger partial charge on any atom is 0.317 e. The maximum atomic E-state index is 12.4. The topological polar surface area (TPSA) is 45.5 Å². The highest BCUT2D eigenvalue weighted by molar-refractivity contribution is 5.74. The minimum absolute atomic E-state index is 0.103. The molecule has 1 atom stereocenters. The monoisotopic (exact) mass is 276 g/mol. The zero-order valence-corrected chi connectivity index (χ0v) is 12.1. The molecule has 3 rings (SSSR count). The van der Waals surface area contributed by atoms with E-state index in [-0.39, 0.29) is 12.1 Å². The first-order valence-corrected chi connectivity index (χ1v) is 7.96. The Morgan fingerprint density at radius 3 is 2.70 bits per heavy atom. The lowest BCUT2D eigenvalue weighted by molar-refractivity contribution is 0.186. The van der Waals surface area contributed by atoms with Crippen molar-refractivity contribution < 1.29 is 9.21 Å². The summed E-state index contributed by atoms with van der Waals surface area (Å²) in [6, 6.07) is 2.24. The fourth-order valence-electron chi connectivity index (χ4n) is 3.33. The van der Waals surface area contributed by atoms with Crippen LogP contribution in [-0.4, -0.2) is 24.0 Å². The lowest BCUT2D eigenvalue weighted by Crippen LogP contribution is -2.43. The van der Waals surface area contributed by atoms with E-state index < -0.39 is 0 Å². The molecule has 0 bridgehead atoms. The number of carbonyl (C=O) groups is 1. The number of nitrogens with one attached hydrogen (secondary N) is 1. The fourth-order valence-corrected chi connectivity index (χ4v) is 3.33. The second-order valence-corrected chi connectivity index (χ2v) is 5.95. The van der Waals surface area contributed by atoms with Crippen LogP contribution in [0, 0.1) is 0 Å². The zero-order valence-electron chi connectivity index (χ0n) is 12.1. The highest BCUT2D eigenvalue weighted by Gasteiger charge is 2.25. The smallest absolute Gasteiger partial charge is 0.317 e. The van der Waals surface area contributed by atoms with E-state index in [4.69, 9.17) is 4.42 Å². The van der Waals surface area contributed by atoms with E-state index in [0.29, 0.717) is 0 Å².